The van der Waals surface area contributed by atoms with Crippen LogP contribution >= 0.6 is 26.4 Å². The van der Waals surface area contributed by atoms with Gasteiger partial charge in [-0.2, -0.15) is 0 Å². The molecule has 0 bridgehead atoms. The number of hydrogen-bond donors (Lipinski definition) is 0. The third-order valence-corrected chi connectivity index (χ3v) is 4.30. The average Bonchev–Trinajstić information content (AvgIpc) is 1.36. The fourth-order valence-electron chi connectivity index (χ4n) is 0. The summed E-state index contributed by atoms with van der Waals surface area (Å²) in [6, 6.07) is 0. The lowest BCUT2D eigenvalue weighted by Crippen LogP contribution is -1.72. The molecule has 0 aliphatic rings. The minimum atomic E-state index is -2.49. The van der Waals surface area contributed by atoms with Gasteiger partial charge in [-0.15, -0.1) is 0 Å². The van der Waals surface area contributed by atoms with Gasteiger partial charge in [-0.3, -0.25) is 9.13 Å². The van der Waals surface area contributed by atoms with E-state index in [2.05, 4.69) is 0 Å². The third-order valence-electron chi connectivity index (χ3n) is 0.159. The molecular weight excluding hydrogens is 161 g/mol. The molecule has 0 atom stereocenters. The normalized spacial score (nSPS) is 7.67. The molecule has 0 saturated heterocycles. The second-order valence-electron chi connectivity index (χ2n) is 0.563. The first-order valence-corrected chi connectivity index (χ1v) is 7.35. The first kappa shape index (κ1) is 7.01. The molecule has 0 aromatic heterocycles. The van der Waals surface area contributed by atoms with E-state index in [1.807, 2.05) is 0 Å². The minimum absolute atomic E-state index is 2.35. The van der Waals surface area contributed by atoms with E-state index >= 15 is 0 Å². The van der Waals surface area contributed by atoms with Crippen LogP contribution < -0.4 is 0 Å². The van der Waals surface area contributed by atoms with E-state index in [1.165, 1.54) is 0 Å². The molecule has 0 saturated carbocycles. The van der Waals surface area contributed by atoms with Crippen molar-refractivity contribution in [1.29, 1.82) is 0 Å². The Morgan fingerprint density at radius 2 is 1.50 bits per heavy atom. The largest absolute Gasteiger partial charge is 0.702 e. The van der Waals surface area contributed by atoms with E-state index < -0.39 is 18.2 Å². The third kappa shape index (κ3) is 3.21. The molecule has 0 amide bonds. The summed E-state index contributed by atoms with van der Waals surface area (Å²) in [7, 11) is 9.84. The van der Waals surface area contributed by atoms with E-state index in [1.54, 1.807) is 0 Å². The Bertz CT molecular complexity index is 87.7. The van der Waals surface area contributed by atoms with Crippen molar-refractivity contribution in [3.05, 3.63) is 0 Å². The van der Waals surface area contributed by atoms with Crippen LogP contribution in [0, 0.1) is 0 Å². The molecular formula is AlCl2O2P. The maximum Gasteiger partial charge on any atom is 0.702 e. The Balaban J connectivity index is 3.57. The monoisotopic (exact) mass is 160 g/mol. The molecule has 0 aromatic rings. The van der Waals surface area contributed by atoms with Crippen LogP contribution in [0.5, 0.6) is 0 Å². The summed E-state index contributed by atoms with van der Waals surface area (Å²) in [6.07, 6.45) is -2.49. The molecule has 2 nitrogen and oxygen atoms in total. The topological polar surface area (TPSA) is 34.1 Å². The van der Waals surface area contributed by atoms with Crippen molar-refractivity contribution < 1.29 is 9.13 Å². The quantitative estimate of drug-likeness (QED) is 0.432. The van der Waals surface area contributed by atoms with Crippen LogP contribution in [0.15, 0.2) is 0 Å². The van der Waals surface area contributed by atoms with Gasteiger partial charge in [0.05, 0.1) is 0 Å². The molecule has 0 heterocycles. The lowest BCUT2D eigenvalue weighted by atomic mass is 15.9. The summed E-state index contributed by atoms with van der Waals surface area (Å²) in [5.74, 6) is 0. The fourth-order valence-corrected chi connectivity index (χ4v) is 0. The second kappa shape index (κ2) is 3.07. The van der Waals surface area contributed by atoms with E-state index in [-0.39, 0.29) is 0 Å². The van der Waals surface area contributed by atoms with Crippen LogP contribution in [0.4, 0.5) is 0 Å². The molecule has 0 radical (unpaired) electrons. The lowest BCUT2D eigenvalue weighted by Gasteiger charge is -1.61. The van der Waals surface area contributed by atoms with Gasteiger partial charge >= 0.3 is 11.9 Å². The van der Waals surface area contributed by atoms with Crippen LogP contribution in [0.1, 0.15) is 0 Å². The molecule has 0 aliphatic heterocycles. The summed E-state index contributed by atoms with van der Waals surface area (Å²) in [5, 5.41) is 0. The molecule has 0 fully saturated rings. The molecule has 0 unspecified atom stereocenters. The average molecular weight is 161 g/mol. The maximum absolute atomic E-state index is 9.53. The van der Waals surface area contributed by atoms with Gasteiger partial charge in [0.25, 0.3) is 0 Å². The highest BCUT2D eigenvalue weighted by molar-refractivity contribution is 7.91. The van der Waals surface area contributed by atoms with Crippen LogP contribution in [-0.4, -0.2) is 11.9 Å². The summed E-state index contributed by atoms with van der Waals surface area (Å²) >= 11 is -2.35. The Morgan fingerprint density at radius 1 is 1.33 bits per heavy atom. The van der Waals surface area contributed by atoms with E-state index in [9.17, 15) is 9.13 Å². The summed E-state index contributed by atoms with van der Waals surface area (Å²) in [4.78, 5) is 0. The predicted molar refractivity (Wildman–Crippen MR) is 25.8 cm³/mol. The lowest BCUT2D eigenvalue weighted by molar-refractivity contribution is 0.526. The van der Waals surface area contributed by atoms with Crippen molar-refractivity contribution in [3.8, 4) is 0 Å². The highest BCUT2D eigenvalue weighted by Gasteiger charge is 2.19. The molecule has 6 heavy (non-hydrogen) atoms. The minimum Gasteiger partial charge on any atom is -0.258 e. The van der Waals surface area contributed by atoms with Crippen molar-refractivity contribution in [3.63, 3.8) is 0 Å². The highest BCUT2D eigenvalue weighted by Crippen LogP contribution is 2.16. The molecule has 34 valence electrons. The Hall–Kier alpha value is 1.01. The van der Waals surface area contributed by atoms with Crippen molar-refractivity contribution in [2.24, 2.45) is 0 Å². The van der Waals surface area contributed by atoms with Gasteiger partial charge in [-0.25, -0.2) is 20.1 Å². The Morgan fingerprint density at radius 3 is 1.50 bits per heavy atom. The van der Waals surface area contributed by atoms with Crippen molar-refractivity contribution >= 4 is 38.3 Å². The maximum atomic E-state index is 9.53. The zero-order chi connectivity index (χ0) is 5.15. The van der Waals surface area contributed by atoms with Gasteiger partial charge < -0.3 is 0 Å². The Labute approximate surface area is 47.6 Å². The van der Waals surface area contributed by atoms with Gasteiger partial charge in [0, 0.05) is 0 Å². The van der Waals surface area contributed by atoms with Crippen LogP contribution in [0.25, 0.3) is 0 Å². The van der Waals surface area contributed by atoms with E-state index in [0.29, 0.717) is 0 Å². The highest BCUT2D eigenvalue weighted by atomic mass is 35.7. The van der Waals surface area contributed by atoms with Crippen molar-refractivity contribution in [1.82, 2.24) is 0 Å². The SMILES string of the molecule is O=[P](=O)[Al]([Cl])[Cl]. The van der Waals surface area contributed by atoms with E-state index in [0.717, 1.165) is 0 Å². The van der Waals surface area contributed by atoms with Crippen LogP contribution in [0.2, 0.25) is 0 Å². The van der Waals surface area contributed by atoms with Gasteiger partial charge in [0.2, 0.25) is 6.33 Å². The smallest absolute Gasteiger partial charge is 0.258 e. The molecule has 0 aliphatic carbocycles. The number of rotatable bonds is 1. The number of hydrogen-bond acceptors (Lipinski definition) is 2. The molecule has 0 N–H and O–H groups in total. The summed E-state index contributed by atoms with van der Waals surface area (Å²) < 4.78 is 19.1. The van der Waals surface area contributed by atoms with Gasteiger partial charge in [-0.1, -0.05) is 0 Å². The first-order valence-electron chi connectivity index (χ1n) is 1.06. The van der Waals surface area contributed by atoms with Gasteiger partial charge in [0.1, 0.15) is 0 Å². The van der Waals surface area contributed by atoms with Gasteiger partial charge in [0.15, 0.2) is 0 Å². The first-order chi connectivity index (χ1) is 2.64. The summed E-state index contributed by atoms with van der Waals surface area (Å²) in [5.41, 5.74) is 0. The van der Waals surface area contributed by atoms with E-state index in [4.69, 9.17) is 20.1 Å². The van der Waals surface area contributed by atoms with Crippen LogP contribution in [-0.2, 0) is 9.13 Å². The molecule has 0 spiro atoms. The molecule has 0 aromatic carbocycles. The van der Waals surface area contributed by atoms with Crippen LogP contribution in [0.3, 0.4) is 0 Å². The molecule has 0 rings (SSSR count). The fraction of sp³-hybridized carbons (Fsp3) is 0. The van der Waals surface area contributed by atoms with Crippen molar-refractivity contribution in [2.45, 2.75) is 0 Å². The zero-order valence-electron chi connectivity index (χ0n) is 2.60. The molecule has 6 heteroatoms. The standard InChI is InChI=1S/Al.2ClH.O2P/c;;;1-3-2/h;2*1H;/q+2;;;/p-2. The summed E-state index contributed by atoms with van der Waals surface area (Å²) in [6.45, 7) is 0. The van der Waals surface area contributed by atoms with Crippen molar-refractivity contribution in [2.75, 3.05) is 0 Å². The number of halogens is 2. The Kier molecular flexibility index (Phi) is 3.59. The zero-order valence-corrected chi connectivity index (χ0v) is 6.16. The predicted octanol–water partition coefficient (Wildman–Crippen LogP) is 1.62. The second-order valence-corrected chi connectivity index (χ2v) is 9.62. The van der Waals surface area contributed by atoms with Gasteiger partial charge in [-0.05, 0) is 0 Å².